The second-order valence-electron chi connectivity index (χ2n) is 15.1. The van der Waals surface area contributed by atoms with Crippen LogP contribution in [0.25, 0.3) is 5.69 Å². The number of rotatable bonds is 8. The molecule has 18 heteroatoms. The maximum atomic E-state index is 13.1. The number of amides is 2. The van der Waals surface area contributed by atoms with Crippen molar-refractivity contribution in [2.75, 3.05) is 36.4 Å². The number of aliphatic hydroxyl groups excluding tert-OH is 4. The number of hydrogen-bond donors (Lipinski definition) is 7. The maximum absolute atomic E-state index is 13.1. The predicted octanol–water partition coefficient (Wildman–Crippen LogP) is 2.43. The molecule has 0 bridgehead atoms. The zero-order valence-electron chi connectivity index (χ0n) is 30.1. The molecule has 8 N–H and O–H groups in total. The number of nitrogens with one attached hydrogen (secondary N) is 2. The number of hydrogen-bond acceptors (Lipinski definition) is 12. The number of benzene rings is 2. The first-order chi connectivity index (χ1) is 26.7. The summed E-state index contributed by atoms with van der Waals surface area (Å²) in [4.78, 5) is 34.5. The van der Waals surface area contributed by atoms with E-state index >= 15 is 0 Å². The van der Waals surface area contributed by atoms with Gasteiger partial charge in [-0.3, -0.25) is 19.8 Å². The van der Waals surface area contributed by atoms with Crippen molar-refractivity contribution in [2.45, 2.75) is 69.4 Å². The van der Waals surface area contributed by atoms with Crippen molar-refractivity contribution in [1.29, 1.82) is 0 Å². The molecule has 4 aliphatic heterocycles. The second-order valence-corrected chi connectivity index (χ2v) is 15.1. The highest BCUT2D eigenvalue weighted by Crippen LogP contribution is 2.47. The van der Waals surface area contributed by atoms with Crippen LogP contribution in [0.3, 0.4) is 0 Å². The van der Waals surface area contributed by atoms with Crippen molar-refractivity contribution < 1.29 is 43.2 Å². The lowest BCUT2D eigenvalue weighted by molar-refractivity contribution is -0.159. The summed E-state index contributed by atoms with van der Waals surface area (Å²) in [5.74, 6) is -1.89. The van der Waals surface area contributed by atoms with E-state index < -0.39 is 60.3 Å². The molecule has 15 nitrogen and oxygen atoms in total. The van der Waals surface area contributed by atoms with Gasteiger partial charge in [0, 0.05) is 41.9 Å². The summed E-state index contributed by atoms with van der Waals surface area (Å²) >= 11 is 0. The van der Waals surface area contributed by atoms with Crippen LogP contribution in [-0.4, -0.2) is 101 Å². The number of piperidine rings is 2. The number of nitrogens with two attached hydrogens (primary N) is 1. The largest absolute Gasteiger partial charge is 0.433 e. The minimum Gasteiger partial charge on any atom is -0.379 e. The van der Waals surface area contributed by atoms with Gasteiger partial charge in [-0.25, -0.2) is 14.6 Å². The SMILES string of the molecule is NC(=O)c1nn(-c2ccc(CN3CCC4(CC3)CN(c3ccc5c(c3)C(O)N(C3CCC(O)NC3O)C5O)C4)cc2)cc1NC(=O)c1cccc(C(F)(F)F)n1. The Kier molecular flexibility index (Phi) is 9.84. The van der Waals surface area contributed by atoms with Crippen LogP contribution in [0, 0.1) is 5.41 Å². The molecule has 1 spiro atoms. The number of nitrogens with zero attached hydrogens (tertiary/aromatic N) is 6. The summed E-state index contributed by atoms with van der Waals surface area (Å²) in [5, 5.41) is 51.9. The van der Waals surface area contributed by atoms with Crippen LogP contribution >= 0.6 is 0 Å². The summed E-state index contributed by atoms with van der Waals surface area (Å²) in [6, 6.07) is 15.6. The lowest BCUT2D eigenvalue weighted by atomic mass is 9.71. The van der Waals surface area contributed by atoms with Gasteiger partial charge >= 0.3 is 6.18 Å². The van der Waals surface area contributed by atoms with Gasteiger partial charge in [-0.2, -0.15) is 18.3 Å². The van der Waals surface area contributed by atoms with Gasteiger partial charge in [0.2, 0.25) is 0 Å². The molecule has 0 radical (unpaired) electrons. The van der Waals surface area contributed by atoms with E-state index in [1.165, 1.54) is 15.8 Å². The summed E-state index contributed by atoms with van der Waals surface area (Å²) < 4.78 is 40.7. The van der Waals surface area contributed by atoms with Crippen LogP contribution in [0.5, 0.6) is 0 Å². The van der Waals surface area contributed by atoms with Crippen molar-refractivity contribution >= 4 is 23.2 Å². The van der Waals surface area contributed by atoms with Crippen LogP contribution < -0.4 is 21.3 Å². The molecule has 2 aromatic heterocycles. The lowest BCUT2D eigenvalue weighted by Crippen LogP contribution is -2.60. The van der Waals surface area contributed by atoms with Gasteiger partial charge in [0.15, 0.2) is 5.69 Å². The molecule has 5 unspecified atom stereocenters. The number of carbonyl (C=O) groups is 2. The number of alkyl halides is 3. The van der Waals surface area contributed by atoms with Crippen LogP contribution in [0.4, 0.5) is 24.5 Å². The number of primary amides is 1. The van der Waals surface area contributed by atoms with E-state index in [0.29, 0.717) is 29.7 Å². The molecule has 0 saturated carbocycles. The molecule has 2 amide bonds. The Labute approximate surface area is 319 Å². The van der Waals surface area contributed by atoms with E-state index in [-0.39, 0.29) is 16.8 Å². The topological polar surface area (TPSA) is 206 Å². The molecule has 3 saturated heterocycles. The lowest BCUT2D eigenvalue weighted by Gasteiger charge is -2.55. The Morgan fingerprint density at radius 3 is 2.30 bits per heavy atom. The third-order valence-corrected chi connectivity index (χ3v) is 11.4. The number of aromatic nitrogens is 3. The zero-order chi connectivity index (χ0) is 39.5. The van der Waals surface area contributed by atoms with E-state index in [1.807, 2.05) is 42.5 Å². The molecule has 4 aliphatic rings. The number of pyridine rings is 1. The first-order valence-corrected chi connectivity index (χ1v) is 18.4. The molecule has 0 aliphatic carbocycles. The number of aliphatic hydroxyl groups is 4. The van der Waals surface area contributed by atoms with Crippen LogP contribution in [-0.2, 0) is 12.7 Å². The first kappa shape index (κ1) is 37.9. The van der Waals surface area contributed by atoms with Crippen molar-refractivity contribution in [3.05, 3.63) is 101 Å². The van der Waals surface area contributed by atoms with Gasteiger partial charge in [-0.05, 0) is 80.7 Å². The van der Waals surface area contributed by atoms with Gasteiger partial charge in [-0.15, -0.1) is 0 Å². The number of fused-ring (bicyclic) bond motifs is 1. The zero-order valence-corrected chi connectivity index (χ0v) is 30.1. The fourth-order valence-electron chi connectivity index (χ4n) is 8.37. The second kappa shape index (κ2) is 14.5. The molecule has 296 valence electrons. The van der Waals surface area contributed by atoms with Crippen LogP contribution in [0.1, 0.15) is 81.5 Å². The van der Waals surface area contributed by atoms with Gasteiger partial charge in [0.1, 0.15) is 36.3 Å². The van der Waals surface area contributed by atoms with Gasteiger partial charge in [0.05, 0.1) is 23.6 Å². The highest BCUT2D eigenvalue weighted by Gasteiger charge is 2.47. The Morgan fingerprint density at radius 2 is 1.62 bits per heavy atom. The molecule has 5 atom stereocenters. The third-order valence-electron chi connectivity index (χ3n) is 11.4. The number of carbonyl (C=O) groups excluding carboxylic acids is 2. The Balaban J connectivity index is 0.851. The van der Waals surface area contributed by atoms with Crippen LogP contribution in [0.15, 0.2) is 66.9 Å². The average molecular weight is 778 g/mol. The van der Waals surface area contributed by atoms with Crippen molar-refractivity contribution in [2.24, 2.45) is 11.1 Å². The standard InChI is InChI=1S/C38H42F3N9O6/c39-38(40,41)29-3-1-2-26(43-29)33(53)44-27-18-49(46-31(27)32(42)52)22-6-4-21(5-7-22)17-47-14-12-37(13-15-47)19-48(20-37)23-8-9-24-25(16-23)36(56)50(35(24)55)28-10-11-30(51)45-34(28)54/h1-9,16,18,28,30,34-36,45,51,54-56H,10-15,17,19-20H2,(H2,42,52)(H,44,53). The van der Waals surface area contributed by atoms with Crippen molar-refractivity contribution in [1.82, 2.24) is 29.9 Å². The van der Waals surface area contributed by atoms with Crippen LogP contribution in [0.2, 0.25) is 0 Å². The Hall–Kier alpha value is -4.95. The highest BCUT2D eigenvalue weighted by molar-refractivity contribution is 6.07. The van der Waals surface area contributed by atoms with E-state index in [1.54, 1.807) is 0 Å². The fraction of sp³-hybridized carbons (Fsp3) is 0.421. The smallest absolute Gasteiger partial charge is 0.379 e. The molecule has 6 heterocycles. The Morgan fingerprint density at radius 1 is 0.929 bits per heavy atom. The van der Waals surface area contributed by atoms with E-state index in [4.69, 9.17) is 5.73 Å². The fourth-order valence-corrected chi connectivity index (χ4v) is 8.37. The third kappa shape index (κ3) is 7.24. The minimum atomic E-state index is -4.73. The molecule has 8 rings (SSSR count). The monoisotopic (exact) mass is 777 g/mol. The Bertz CT molecular complexity index is 2120. The summed E-state index contributed by atoms with van der Waals surface area (Å²) in [6.45, 7) is 4.32. The van der Waals surface area contributed by atoms with E-state index in [0.717, 1.165) is 75.0 Å². The summed E-state index contributed by atoms with van der Waals surface area (Å²) in [5.41, 5.74) is 7.48. The molecule has 56 heavy (non-hydrogen) atoms. The van der Waals surface area contributed by atoms with Crippen molar-refractivity contribution in [3.63, 3.8) is 0 Å². The van der Waals surface area contributed by atoms with Crippen molar-refractivity contribution in [3.8, 4) is 5.69 Å². The molecule has 2 aromatic carbocycles. The number of halogens is 3. The maximum Gasteiger partial charge on any atom is 0.433 e. The average Bonchev–Trinajstić information content (AvgIpc) is 3.69. The first-order valence-electron chi connectivity index (χ1n) is 18.4. The normalized spacial score (nSPS) is 25.2. The molecule has 3 fully saturated rings. The molecule has 4 aromatic rings. The van der Waals surface area contributed by atoms with Gasteiger partial charge in [0.25, 0.3) is 11.8 Å². The summed E-state index contributed by atoms with van der Waals surface area (Å²) in [7, 11) is 0. The minimum absolute atomic E-state index is 0.0721. The number of likely N-dealkylation sites (tertiary alicyclic amines) is 1. The molecular weight excluding hydrogens is 735 g/mol. The van der Waals surface area contributed by atoms with Gasteiger partial charge < -0.3 is 36.4 Å². The molecular formula is C38H42F3N9O6. The summed E-state index contributed by atoms with van der Waals surface area (Å²) in [6.07, 6.45) is -4.57. The number of anilines is 2. The highest BCUT2D eigenvalue weighted by atomic mass is 19.4. The quantitative estimate of drug-likeness (QED) is 0.138. The van der Waals surface area contributed by atoms with Gasteiger partial charge in [-0.1, -0.05) is 24.3 Å². The predicted molar refractivity (Wildman–Crippen MR) is 195 cm³/mol. The van der Waals surface area contributed by atoms with E-state index in [2.05, 4.69) is 30.5 Å². The van der Waals surface area contributed by atoms with E-state index in [9.17, 15) is 43.2 Å².